The molecule has 17 heavy (non-hydrogen) atoms. The van der Waals surface area contributed by atoms with Crippen molar-refractivity contribution in [2.45, 2.75) is 26.4 Å². The molecule has 0 saturated heterocycles. The first-order chi connectivity index (χ1) is 7.87. The van der Waals surface area contributed by atoms with Crippen molar-refractivity contribution in [1.82, 2.24) is 9.38 Å². The molecule has 0 radical (unpaired) electrons. The molecule has 4 nitrogen and oxygen atoms in total. The van der Waals surface area contributed by atoms with Crippen molar-refractivity contribution in [2.75, 3.05) is 0 Å². The number of halogens is 1. The van der Waals surface area contributed by atoms with E-state index >= 15 is 0 Å². The van der Waals surface area contributed by atoms with Crippen LogP contribution in [0.1, 0.15) is 31.3 Å². The van der Waals surface area contributed by atoms with Crippen LogP contribution in [0.15, 0.2) is 29.0 Å². The predicted molar refractivity (Wildman–Crippen MR) is 68.1 cm³/mol. The van der Waals surface area contributed by atoms with Crippen LogP contribution >= 0.6 is 15.9 Å². The van der Waals surface area contributed by atoms with Crippen molar-refractivity contribution >= 4 is 27.5 Å². The van der Waals surface area contributed by atoms with Crippen LogP contribution in [0.5, 0.6) is 0 Å². The Labute approximate surface area is 108 Å². The molecule has 0 atom stereocenters. The number of fused-ring (bicyclic) bond motifs is 1. The van der Waals surface area contributed by atoms with Gasteiger partial charge in [0.05, 0.1) is 4.47 Å². The van der Waals surface area contributed by atoms with E-state index in [4.69, 9.17) is 4.74 Å². The fraction of sp³-hybridized carbons (Fsp3) is 0.333. The lowest BCUT2D eigenvalue weighted by molar-refractivity contribution is 0.00636. The Morgan fingerprint density at radius 2 is 2.18 bits per heavy atom. The summed E-state index contributed by atoms with van der Waals surface area (Å²) in [5.74, 6) is -0.409. The van der Waals surface area contributed by atoms with E-state index in [0.717, 1.165) is 4.47 Å². The molecule has 0 aromatic carbocycles. The summed E-state index contributed by atoms with van der Waals surface area (Å²) in [7, 11) is 0. The van der Waals surface area contributed by atoms with Gasteiger partial charge < -0.3 is 9.14 Å². The lowest BCUT2D eigenvalue weighted by atomic mass is 10.2. The zero-order valence-electron chi connectivity index (χ0n) is 9.90. The van der Waals surface area contributed by atoms with E-state index < -0.39 is 11.6 Å². The van der Waals surface area contributed by atoms with E-state index in [1.54, 1.807) is 10.6 Å². The second-order valence-corrected chi connectivity index (χ2v) is 5.57. The van der Waals surface area contributed by atoms with E-state index in [1.807, 2.05) is 39.1 Å². The molecule has 2 heterocycles. The number of esters is 1. The minimum absolute atomic E-state index is 0.312. The third-order valence-corrected chi connectivity index (χ3v) is 2.66. The SMILES string of the molecule is CC(C)(C)OC(=O)c1cn2cccc(Br)c2n1. The topological polar surface area (TPSA) is 43.6 Å². The number of hydrogen-bond acceptors (Lipinski definition) is 3. The molecule has 0 aliphatic rings. The first kappa shape index (κ1) is 12.1. The van der Waals surface area contributed by atoms with Crippen LogP contribution in [0.25, 0.3) is 5.65 Å². The molecule has 0 bridgehead atoms. The number of aromatic nitrogens is 2. The zero-order chi connectivity index (χ0) is 12.6. The van der Waals surface area contributed by atoms with Gasteiger partial charge in [-0.15, -0.1) is 0 Å². The van der Waals surface area contributed by atoms with Crippen LogP contribution in [0.2, 0.25) is 0 Å². The molecule has 5 heteroatoms. The van der Waals surface area contributed by atoms with Crippen LogP contribution in [-0.2, 0) is 4.74 Å². The van der Waals surface area contributed by atoms with Crippen LogP contribution < -0.4 is 0 Å². The van der Waals surface area contributed by atoms with Gasteiger partial charge in [0, 0.05) is 12.4 Å². The Hall–Kier alpha value is -1.36. The summed E-state index contributed by atoms with van der Waals surface area (Å²) in [5.41, 5.74) is 0.504. The molecule has 2 rings (SSSR count). The van der Waals surface area contributed by atoms with E-state index in [9.17, 15) is 4.79 Å². The van der Waals surface area contributed by atoms with Gasteiger partial charge in [-0.05, 0) is 48.8 Å². The number of carbonyl (C=O) groups excluding carboxylic acids is 1. The number of hydrogen-bond donors (Lipinski definition) is 0. The van der Waals surface area contributed by atoms with E-state index in [0.29, 0.717) is 11.3 Å². The lowest BCUT2D eigenvalue weighted by Gasteiger charge is -2.18. The third kappa shape index (κ3) is 2.66. The van der Waals surface area contributed by atoms with E-state index in [2.05, 4.69) is 20.9 Å². The molecule has 0 N–H and O–H groups in total. The maximum Gasteiger partial charge on any atom is 0.359 e. The van der Waals surface area contributed by atoms with Crippen molar-refractivity contribution in [2.24, 2.45) is 0 Å². The predicted octanol–water partition coefficient (Wildman–Crippen LogP) is 3.05. The molecular weight excluding hydrogens is 284 g/mol. The minimum Gasteiger partial charge on any atom is -0.455 e. The molecular formula is C12H13BrN2O2. The highest BCUT2D eigenvalue weighted by molar-refractivity contribution is 9.10. The Morgan fingerprint density at radius 1 is 1.47 bits per heavy atom. The van der Waals surface area contributed by atoms with Crippen molar-refractivity contribution in [1.29, 1.82) is 0 Å². The summed E-state index contributed by atoms with van der Waals surface area (Å²) in [4.78, 5) is 16.1. The Bertz CT molecular complexity index is 569. The molecule has 0 amide bonds. The molecule has 0 spiro atoms. The van der Waals surface area contributed by atoms with E-state index in [-0.39, 0.29) is 0 Å². The number of imidazole rings is 1. The summed E-state index contributed by atoms with van der Waals surface area (Å²) < 4.78 is 7.89. The molecule has 0 unspecified atom stereocenters. The van der Waals surface area contributed by atoms with Gasteiger partial charge in [0.25, 0.3) is 0 Å². The Morgan fingerprint density at radius 3 is 2.76 bits per heavy atom. The highest BCUT2D eigenvalue weighted by atomic mass is 79.9. The maximum absolute atomic E-state index is 11.8. The molecule has 0 aliphatic carbocycles. The Kier molecular flexibility index (Phi) is 2.95. The fourth-order valence-electron chi connectivity index (χ4n) is 1.41. The quantitative estimate of drug-likeness (QED) is 0.760. The number of nitrogens with zero attached hydrogens (tertiary/aromatic N) is 2. The first-order valence-electron chi connectivity index (χ1n) is 5.23. The summed E-state index contributed by atoms with van der Waals surface area (Å²) in [6.45, 7) is 5.49. The number of rotatable bonds is 1. The van der Waals surface area contributed by atoms with Crippen molar-refractivity contribution in [3.8, 4) is 0 Å². The van der Waals surface area contributed by atoms with Gasteiger partial charge in [-0.3, -0.25) is 0 Å². The first-order valence-corrected chi connectivity index (χ1v) is 6.03. The molecule has 2 aromatic heterocycles. The van der Waals surface area contributed by atoms with Crippen molar-refractivity contribution in [3.05, 3.63) is 34.7 Å². The van der Waals surface area contributed by atoms with Gasteiger partial charge in [-0.25, -0.2) is 9.78 Å². The average molecular weight is 297 g/mol. The highest BCUT2D eigenvalue weighted by Gasteiger charge is 2.20. The number of ether oxygens (including phenoxy) is 1. The second kappa shape index (κ2) is 4.14. The third-order valence-electron chi connectivity index (χ3n) is 2.04. The maximum atomic E-state index is 11.8. The summed E-state index contributed by atoms with van der Waals surface area (Å²) in [6, 6.07) is 3.75. The average Bonchev–Trinajstić information content (AvgIpc) is 2.60. The zero-order valence-corrected chi connectivity index (χ0v) is 11.5. The Balaban J connectivity index is 2.37. The summed E-state index contributed by atoms with van der Waals surface area (Å²) in [6.07, 6.45) is 3.50. The van der Waals surface area contributed by atoms with Gasteiger partial charge >= 0.3 is 5.97 Å². The smallest absolute Gasteiger partial charge is 0.359 e. The van der Waals surface area contributed by atoms with E-state index in [1.165, 1.54) is 0 Å². The molecule has 0 aliphatic heterocycles. The molecule has 2 aromatic rings. The van der Waals surface area contributed by atoms with Gasteiger partial charge in [-0.1, -0.05) is 0 Å². The summed E-state index contributed by atoms with van der Waals surface area (Å²) >= 11 is 3.39. The van der Waals surface area contributed by atoms with Gasteiger partial charge in [-0.2, -0.15) is 0 Å². The van der Waals surface area contributed by atoms with Crippen molar-refractivity contribution in [3.63, 3.8) is 0 Å². The highest BCUT2D eigenvalue weighted by Crippen LogP contribution is 2.18. The fourth-order valence-corrected chi connectivity index (χ4v) is 1.85. The lowest BCUT2D eigenvalue weighted by Crippen LogP contribution is -2.24. The molecule has 90 valence electrons. The largest absolute Gasteiger partial charge is 0.455 e. The number of pyridine rings is 1. The summed E-state index contributed by atoms with van der Waals surface area (Å²) in [5, 5.41) is 0. The monoisotopic (exact) mass is 296 g/mol. The second-order valence-electron chi connectivity index (χ2n) is 4.72. The van der Waals surface area contributed by atoms with Crippen LogP contribution in [-0.4, -0.2) is 21.0 Å². The van der Waals surface area contributed by atoms with Crippen LogP contribution in [0.3, 0.4) is 0 Å². The minimum atomic E-state index is -0.510. The molecule has 0 saturated carbocycles. The number of carbonyl (C=O) groups is 1. The normalized spacial score (nSPS) is 11.8. The molecule has 0 fully saturated rings. The van der Waals surface area contributed by atoms with Crippen molar-refractivity contribution < 1.29 is 9.53 Å². The standard InChI is InChI=1S/C12H13BrN2O2/c1-12(2,3)17-11(16)9-7-15-6-4-5-8(13)10(15)14-9/h4-7H,1-3H3. The van der Waals surface area contributed by atoms with Gasteiger partial charge in [0.2, 0.25) is 0 Å². The van der Waals surface area contributed by atoms with Gasteiger partial charge in [0.1, 0.15) is 5.60 Å². The van der Waals surface area contributed by atoms with Crippen LogP contribution in [0, 0.1) is 0 Å². The van der Waals surface area contributed by atoms with Crippen LogP contribution in [0.4, 0.5) is 0 Å². The van der Waals surface area contributed by atoms with Gasteiger partial charge in [0.15, 0.2) is 11.3 Å².